The molecule has 2 aromatic carbocycles. The SMILES string of the molecule is COC(=O)c1ccc(COC(Cn2ccnc2)c2c(Cl)cccc2Cl)cc1. The molecule has 0 fully saturated rings. The quantitative estimate of drug-likeness (QED) is 0.523. The number of benzene rings is 2. The van der Waals surface area contributed by atoms with Crippen LogP contribution in [0, 0.1) is 0 Å². The number of carbonyl (C=O) groups is 1. The van der Waals surface area contributed by atoms with Crippen molar-refractivity contribution in [1.29, 1.82) is 0 Å². The Morgan fingerprint density at radius 1 is 1.15 bits per heavy atom. The van der Waals surface area contributed by atoms with Gasteiger partial charge in [-0.2, -0.15) is 0 Å². The van der Waals surface area contributed by atoms with Gasteiger partial charge in [-0.25, -0.2) is 9.78 Å². The summed E-state index contributed by atoms with van der Waals surface area (Å²) in [5.41, 5.74) is 2.15. The zero-order chi connectivity index (χ0) is 19.2. The van der Waals surface area contributed by atoms with Gasteiger partial charge in [-0.05, 0) is 29.8 Å². The average Bonchev–Trinajstić information content (AvgIpc) is 3.18. The van der Waals surface area contributed by atoms with Gasteiger partial charge < -0.3 is 14.0 Å². The highest BCUT2D eigenvalue weighted by atomic mass is 35.5. The van der Waals surface area contributed by atoms with E-state index in [1.807, 2.05) is 22.9 Å². The lowest BCUT2D eigenvalue weighted by Crippen LogP contribution is -2.13. The molecule has 0 bridgehead atoms. The molecule has 1 aromatic heterocycles. The Hall–Kier alpha value is -2.34. The van der Waals surface area contributed by atoms with Crippen molar-refractivity contribution in [3.05, 3.63) is 87.9 Å². The Balaban J connectivity index is 1.78. The van der Waals surface area contributed by atoms with Gasteiger partial charge in [0.05, 0.1) is 32.2 Å². The van der Waals surface area contributed by atoms with Crippen molar-refractivity contribution in [2.75, 3.05) is 7.11 Å². The number of ether oxygens (including phenoxy) is 2. The lowest BCUT2D eigenvalue weighted by molar-refractivity contribution is 0.0280. The highest BCUT2D eigenvalue weighted by Crippen LogP contribution is 2.34. The van der Waals surface area contributed by atoms with E-state index < -0.39 is 0 Å². The summed E-state index contributed by atoms with van der Waals surface area (Å²) in [7, 11) is 1.35. The van der Waals surface area contributed by atoms with Crippen LogP contribution in [0.4, 0.5) is 0 Å². The fraction of sp³-hybridized carbons (Fsp3) is 0.200. The highest BCUT2D eigenvalue weighted by Gasteiger charge is 2.20. The summed E-state index contributed by atoms with van der Waals surface area (Å²) in [4.78, 5) is 15.6. The van der Waals surface area contributed by atoms with Crippen LogP contribution in [0.5, 0.6) is 0 Å². The Bertz CT molecular complexity index is 876. The molecule has 5 nitrogen and oxygen atoms in total. The minimum absolute atomic E-state index is 0.336. The van der Waals surface area contributed by atoms with Crippen LogP contribution in [0.2, 0.25) is 10.0 Å². The molecule has 0 aliphatic heterocycles. The van der Waals surface area contributed by atoms with Crippen LogP contribution in [0.15, 0.2) is 61.2 Å². The fourth-order valence-corrected chi connectivity index (χ4v) is 3.32. The van der Waals surface area contributed by atoms with Gasteiger partial charge in [-0.1, -0.05) is 41.4 Å². The van der Waals surface area contributed by atoms with E-state index in [-0.39, 0.29) is 12.1 Å². The standard InChI is InChI=1S/C20H18Cl2N2O3/c1-26-20(25)15-7-5-14(6-8-15)12-27-18(11-24-10-9-23-13-24)19-16(21)3-2-4-17(19)22/h2-10,13,18H,11-12H2,1H3. The summed E-state index contributed by atoms with van der Waals surface area (Å²) >= 11 is 12.8. The van der Waals surface area contributed by atoms with Crippen molar-refractivity contribution in [2.24, 2.45) is 0 Å². The van der Waals surface area contributed by atoms with E-state index in [1.54, 1.807) is 42.9 Å². The van der Waals surface area contributed by atoms with Gasteiger partial charge in [0.1, 0.15) is 6.10 Å². The second-order valence-corrected chi connectivity index (χ2v) is 6.70. The normalized spacial score (nSPS) is 12.0. The first-order valence-corrected chi connectivity index (χ1v) is 9.02. The van der Waals surface area contributed by atoms with Crippen LogP contribution in [0.3, 0.4) is 0 Å². The number of imidazole rings is 1. The molecule has 1 atom stereocenters. The molecule has 1 heterocycles. The summed E-state index contributed by atoms with van der Waals surface area (Å²) in [6.07, 6.45) is 4.91. The predicted octanol–water partition coefficient (Wildman–Crippen LogP) is 4.93. The first-order valence-electron chi connectivity index (χ1n) is 8.27. The summed E-state index contributed by atoms with van der Waals surface area (Å²) in [5.74, 6) is -0.372. The molecule has 27 heavy (non-hydrogen) atoms. The molecule has 7 heteroatoms. The van der Waals surface area contributed by atoms with Crippen molar-refractivity contribution in [1.82, 2.24) is 9.55 Å². The second-order valence-electron chi connectivity index (χ2n) is 5.88. The van der Waals surface area contributed by atoms with E-state index in [4.69, 9.17) is 32.7 Å². The topological polar surface area (TPSA) is 53.4 Å². The minimum Gasteiger partial charge on any atom is -0.465 e. The van der Waals surface area contributed by atoms with Gasteiger partial charge in [0.2, 0.25) is 0 Å². The largest absolute Gasteiger partial charge is 0.465 e. The third-order valence-corrected chi connectivity index (χ3v) is 4.74. The number of rotatable bonds is 7. The molecule has 0 aliphatic rings. The van der Waals surface area contributed by atoms with Crippen LogP contribution in [0.1, 0.15) is 27.6 Å². The maximum atomic E-state index is 11.5. The Morgan fingerprint density at radius 2 is 1.85 bits per heavy atom. The number of carbonyl (C=O) groups excluding carboxylic acids is 1. The number of nitrogens with zero attached hydrogens (tertiary/aromatic N) is 2. The first kappa shape index (κ1) is 19.4. The molecule has 0 N–H and O–H groups in total. The Morgan fingerprint density at radius 3 is 2.44 bits per heavy atom. The van der Waals surface area contributed by atoms with Gasteiger partial charge in [0, 0.05) is 28.0 Å². The van der Waals surface area contributed by atoms with E-state index in [0.717, 1.165) is 11.1 Å². The summed E-state index contributed by atoms with van der Waals surface area (Å²) in [5, 5.41) is 1.10. The average molecular weight is 405 g/mol. The monoisotopic (exact) mass is 404 g/mol. The molecule has 0 saturated heterocycles. The molecular weight excluding hydrogens is 387 g/mol. The lowest BCUT2D eigenvalue weighted by atomic mass is 10.1. The second kappa shape index (κ2) is 9.04. The third-order valence-electron chi connectivity index (χ3n) is 4.08. The molecule has 140 valence electrons. The maximum absolute atomic E-state index is 11.5. The van der Waals surface area contributed by atoms with Crippen molar-refractivity contribution in [3.8, 4) is 0 Å². The van der Waals surface area contributed by atoms with Gasteiger partial charge in [-0.15, -0.1) is 0 Å². The van der Waals surface area contributed by atoms with E-state index >= 15 is 0 Å². The summed E-state index contributed by atoms with van der Waals surface area (Å²) in [6, 6.07) is 12.4. The number of halogens is 2. The van der Waals surface area contributed by atoms with Crippen molar-refractivity contribution < 1.29 is 14.3 Å². The molecule has 0 spiro atoms. The van der Waals surface area contributed by atoms with Crippen molar-refractivity contribution >= 4 is 29.2 Å². The van der Waals surface area contributed by atoms with Crippen LogP contribution < -0.4 is 0 Å². The minimum atomic E-state index is -0.372. The number of hydrogen-bond donors (Lipinski definition) is 0. The molecule has 0 amide bonds. The van der Waals surface area contributed by atoms with Crippen molar-refractivity contribution in [2.45, 2.75) is 19.3 Å². The van der Waals surface area contributed by atoms with Gasteiger partial charge in [0.25, 0.3) is 0 Å². The van der Waals surface area contributed by atoms with Gasteiger partial charge in [-0.3, -0.25) is 0 Å². The summed E-state index contributed by atoms with van der Waals surface area (Å²) < 4.78 is 12.8. The number of hydrogen-bond acceptors (Lipinski definition) is 4. The number of methoxy groups -OCH3 is 1. The molecule has 0 saturated carbocycles. The van der Waals surface area contributed by atoms with Crippen LogP contribution >= 0.6 is 23.2 Å². The van der Waals surface area contributed by atoms with Gasteiger partial charge >= 0.3 is 5.97 Å². The van der Waals surface area contributed by atoms with E-state index in [2.05, 4.69) is 4.98 Å². The van der Waals surface area contributed by atoms with Crippen LogP contribution in [-0.2, 0) is 22.6 Å². The molecule has 0 aliphatic carbocycles. The van der Waals surface area contributed by atoms with E-state index in [9.17, 15) is 4.79 Å². The van der Waals surface area contributed by atoms with Crippen molar-refractivity contribution in [3.63, 3.8) is 0 Å². The molecule has 3 aromatic rings. The van der Waals surface area contributed by atoms with E-state index in [0.29, 0.717) is 28.8 Å². The summed E-state index contributed by atoms with van der Waals surface area (Å²) in [6.45, 7) is 0.853. The highest BCUT2D eigenvalue weighted by molar-refractivity contribution is 6.36. The molecule has 1 unspecified atom stereocenters. The van der Waals surface area contributed by atoms with Crippen LogP contribution in [0.25, 0.3) is 0 Å². The Labute approximate surface area is 167 Å². The fourth-order valence-electron chi connectivity index (χ4n) is 2.68. The number of aromatic nitrogens is 2. The van der Waals surface area contributed by atoms with Crippen LogP contribution in [-0.4, -0.2) is 22.6 Å². The molecular formula is C20H18Cl2N2O3. The maximum Gasteiger partial charge on any atom is 0.337 e. The molecule has 3 rings (SSSR count). The zero-order valence-corrected chi connectivity index (χ0v) is 16.2. The third kappa shape index (κ3) is 4.89. The smallest absolute Gasteiger partial charge is 0.337 e. The molecule has 0 radical (unpaired) electrons. The van der Waals surface area contributed by atoms with Gasteiger partial charge in [0.15, 0.2) is 0 Å². The first-order chi connectivity index (χ1) is 13.1. The predicted molar refractivity (Wildman–Crippen MR) is 104 cm³/mol. The Kier molecular flexibility index (Phi) is 6.50. The lowest BCUT2D eigenvalue weighted by Gasteiger charge is -2.21. The zero-order valence-electron chi connectivity index (χ0n) is 14.6. The van der Waals surface area contributed by atoms with E-state index in [1.165, 1.54) is 7.11 Å². The number of esters is 1.